The Morgan fingerprint density at radius 3 is 2.46 bits per heavy atom. The van der Waals surface area contributed by atoms with Crippen molar-refractivity contribution in [2.45, 2.75) is 12.7 Å². The topological polar surface area (TPSA) is 34.1 Å². The van der Waals surface area contributed by atoms with Gasteiger partial charge in [0, 0.05) is 6.26 Å². The molecule has 0 heterocycles. The van der Waals surface area contributed by atoms with E-state index in [0.717, 1.165) is 6.26 Å². The minimum Gasteiger partial charge on any atom is -0.229 e. The van der Waals surface area contributed by atoms with E-state index < -0.39 is 9.84 Å². The summed E-state index contributed by atoms with van der Waals surface area (Å²) in [5.41, 5.74) is 1.02. The van der Waals surface area contributed by atoms with Crippen LogP contribution >= 0.6 is 0 Å². The Labute approximate surface area is 77.3 Å². The SMILES string of the molecule is Cc1ccc(CS(C)(=O)=O)cc1F. The van der Waals surface area contributed by atoms with Gasteiger partial charge in [-0.1, -0.05) is 12.1 Å². The molecule has 0 aliphatic carbocycles. The summed E-state index contributed by atoms with van der Waals surface area (Å²) in [5.74, 6) is -0.467. The summed E-state index contributed by atoms with van der Waals surface area (Å²) in [7, 11) is -3.07. The minimum atomic E-state index is -3.07. The van der Waals surface area contributed by atoms with E-state index in [0.29, 0.717) is 11.1 Å². The Hall–Kier alpha value is -0.900. The monoisotopic (exact) mass is 202 g/mol. The van der Waals surface area contributed by atoms with Crippen LogP contribution in [0.4, 0.5) is 4.39 Å². The second kappa shape index (κ2) is 3.46. The predicted molar refractivity (Wildman–Crippen MR) is 49.7 cm³/mol. The van der Waals surface area contributed by atoms with E-state index in [-0.39, 0.29) is 11.6 Å². The molecule has 0 aliphatic rings. The molecule has 0 aromatic heterocycles. The lowest BCUT2D eigenvalue weighted by molar-refractivity contribution is 0.600. The van der Waals surface area contributed by atoms with Crippen molar-refractivity contribution < 1.29 is 12.8 Å². The van der Waals surface area contributed by atoms with Crippen LogP contribution in [0.3, 0.4) is 0 Å². The summed E-state index contributed by atoms with van der Waals surface area (Å²) >= 11 is 0. The molecular formula is C9H11FO2S. The molecule has 0 bridgehead atoms. The predicted octanol–water partition coefficient (Wildman–Crippen LogP) is 1.68. The van der Waals surface area contributed by atoms with Gasteiger partial charge in [0.25, 0.3) is 0 Å². The number of sulfone groups is 1. The molecule has 2 nitrogen and oxygen atoms in total. The van der Waals surface area contributed by atoms with Gasteiger partial charge in [0.1, 0.15) is 5.82 Å². The first-order chi connectivity index (χ1) is 5.88. The molecule has 0 spiro atoms. The summed E-state index contributed by atoms with van der Waals surface area (Å²) in [4.78, 5) is 0. The number of halogens is 1. The maximum atomic E-state index is 13.0. The van der Waals surface area contributed by atoms with E-state index in [1.165, 1.54) is 6.07 Å². The molecule has 0 radical (unpaired) electrons. The van der Waals surface area contributed by atoms with E-state index in [1.54, 1.807) is 19.1 Å². The fourth-order valence-corrected chi connectivity index (χ4v) is 1.81. The Kier molecular flexibility index (Phi) is 2.71. The maximum absolute atomic E-state index is 13.0. The Bertz CT molecular complexity index is 410. The van der Waals surface area contributed by atoms with Gasteiger partial charge in [-0.15, -0.1) is 0 Å². The first kappa shape index (κ1) is 10.2. The van der Waals surface area contributed by atoms with Crippen LogP contribution in [-0.2, 0) is 15.6 Å². The number of benzene rings is 1. The zero-order valence-electron chi connectivity index (χ0n) is 7.54. The molecule has 0 aliphatic heterocycles. The molecule has 0 fully saturated rings. The van der Waals surface area contributed by atoms with Gasteiger partial charge in [0.15, 0.2) is 9.84 Å². The molecule has 0 N–H and O–H groups in total. The van der Waals surface area contributed by atoms with Gasteiger partial charge >= 0.3 is 0 Å². The van der Waals surface area contributed by atoms with Gasteiger partial charge < -0.3 is 0 Å². The fourth-order valence-electron chi connectivity index (χ4n) is 1.03. The number of aryl methyl sites for hydroxylation is 1. The average molecular weight is 202 g/mol. The van der Waals surface area contributed by atoms with E-state index in [9.17, 15) is 12.8 Å². The van der Waals surface area contributed by atoms with Crippen molar-refractivity contribution in [2.75, 3.05) is 6.26 Å². The van der Waals surface area contributed by atoms with Crippen molar-refractivity contribution in [3.05, 3.63) is 35.1 Å². The lowest BCUT2D eigenvalue weighted by Gasteiger charge is -2.01. The van der Waals surface area contributed by atoms with Crippen LogP contribution in [0, 0.1) is 12.7 Å². The number of rotatable bonds is 2. The van der Waals surface area contributed by atoms with E-state index in [1.807, 2.05) is 0 Å². The Morgan fingerprint density at radius 2 is 2.00 bits per heavy atom. The highest BCUT2D eigenvalue weighted by molar-refractivity contribution is 7.89. The summed E-state index contributed by atoms with van der Waals surface area (Å²) in [6.45, 7) is 1.64. The summed E-state index contributed by atoms with van der Waals surface area (Å²) in [5, 5.41) is 0. The van der Waals surface area contributed by atoms with E-state index >= 15 is 0 Å². The van der Waals surface area contributed by atoms with Gasteiger partial charge in [-0.3, -0.25) is 0 Å². The zero-order chi connectivity index (χ0) is 10.1. The van der Waals surface area contributed by atoms with Crippen molar-refractivity contribution in [2.24, 2.45) is 0 Å². The molecule has 0 saturated heterocycles. The van der Waals surface area contributed by atoms with Crippen LogP contribution in [0.1, 0.15) is 11.1 Å². The van der Waals surface area contributed by atoms with Gasteiger partial charge in [0.05, 0.1) is 5.75 Å². The van der Waals surface area contributed by atoms with Crippen molar-refractivity contribution in [3.8, 4) is 0 Å². The highest BCUT2D eigenvalue weighted by Gasteiger charge is 2.06. The van der Waals surface area contributed by atoms with Crippen LogP contribution < -0.4 is 0 Å². The zero-order valence-corrected chi connectivity index (χ0v) is 8.36. The number of hydrogen-bond acceptors (Lipinski definition) is 2. The van der Waals surface area contributed by atoms with Crippen molar-refractivity contribution >= 4 is 9.84 Å². The molecule has 1 aromatic carbocycles. The Morgan fingerprint density at radius 1 is 1.38 bits per heavy atom. The number of hydrogen-bond donors (Lipinski definition) is 0. The molecule has 0 unspecified atom stereocenters. The molecule has 0 atom stereocenters. The van der Waals surface area contributed by atoms with Gasteiger partial charge in [-0.05, 0) is 24.1 Å². The quantitative estimate of drug-likeness (QED) is 0.731. The molecular weight excluding hydrogens is 191 g/mol. The molecule has 72 valence electrons. The van der Waals surface area contributed by atoms with Crippen molar-refractivity contribution in [1.82, 2.24) is 0 Å². The van der Waals surface area contributed by atoms with Crippen LogP contribution in [0.15, 0.2) is 18.2 Å². The molecule has 4 heteroatoms. The first-order valence-electron chi connectivity index (χ1n) is 3.81. The van der Waals surface area contributed by atoms with Crippen molar-refractivity contribution in [3.63, 3.8) is 0 Å². The van der Waals surface area contributed by atoms with Crippen LogP contribution in [0.25, 0.3) is 0 Å². The van der Waals surface area contributed by atoms with Crippen LogP contribution in [0.5, 0.6) is 0 Å². The standard InChI is InChI=1S/C9H11FO2S/c1-7-3-4-8(5-9(7)10)6-13(2,11)12/h3-5H,6H2,1-2H3. The molecule has 0 amide bonds. The van der Waals surface area contributed by atoms with Crippen molar-refractivity contribution in [1.29, 1.82) is 0 Å². The first-order valence-corrected chi connectivity index (χ1v) is 5.87. The summed E-state index contributed by atoms with van der Waals surface area (Å²) in [6, 6.07) is 4.46. The third kappa shape index (κ3) is 3.14. The smallest absolute Gasteiger partial charge is 0.151 e. The van der Waals surface area contributed by atoms with Crippen LogP contribution in [-0.4, -0.2) is 14.7 Å². The van der Waals surface area contributed by atoms with Gasteiger partial charge in [-0.25, -0.2) is 12.8 Å². The van der Waals surface area contributed by atoms with Gasteiger partial charge in [0.2, 0.25) is 0 Å². The van der Waals surface area contributed by atoms with E-state index in [4.69, 9.17) is 0 Å². The fraction of sp³-hybridized carbons (Fsp3) is 0.333. The highest BCUT2D eigenvalue weighted by atomic mass is 32.2. The molecule has 1 rings (SSSR count). The molecule has 13 heavy (non-hydrogen) atoms. The van der Waals surface area contributed by atoms with Crippen LogP contribution in [0.2, 0.25) is 0 Å². The summed E-state index contributed by atoms with van der Waals surface area (Å²) < 4.78 is 34.7. The third-order valence-corrected chi connectivity index (χ3v) is 2.52. The average Bonchev–Trinajstić information content (AvgIpc) is 1.94. The molecule has 0 saturated carbocycles. The van der Waals surface area contributed by atoms with Gasteiger partial charge in [-0.2, -0.15) is 0 Å². The highest BCUT2D eigenvalue weighted by Crippen LogP contribution is 2.11. The summed E-state index contributed by atoms with van der Waals surface area (Å²) in [6.07, 6.45) is 1.13. The normalized spacial score (nSPS) is 11.6. The minimum absolute atomic E-state index is 0.107. The lowest BCUT2D eigenvalue weighted by atomic mass is 10.2. The largest absolute Gasteiger partial charge is 0.229 e. The maximum Gasteiger partial charge on any atom is 0.151 e. The second-order valence-electron chi connectivity index (χ2n) is 3.15. The third-order valence-electron chi connectivity index (χ3n) is 1.67. The second-order valence-corrected chi connectivity index (χ2v) is 5.29. The molecule has 1 aromatic rings. The Balaban J connectivity index is 2.99. The van der Waals surface area contributed by atoms with E-state index in [2.05, 4.69) is 0 Å². The lowest BCUT2D eigenvalue weighted by Crippen LogP contribution is -2.01.